The SMILES string of the molecule is C=C1CCN(c2ccc(N3C[C@H](CNC(=O)C(Cl)(Cl)Cl)OC3=O)cc2F)CC1. The number of nitrogens with zero attached hydrogens (tertiary/aromatic N) is 2. The number of carbonyl (C=O) groups excluding carboxylic acids is 2. The minimum atomic E-state index is -2.10. The minimum Gasteiger partial charge on any atom is -0.442 e. The summed E-state index contributed by atoms with van der Waals surface area (Å²) in [6, 6.07) is 4.64. The van der Waals surface area contributed by atoms with Gasteiger partial charge < -0.3 is 15.0 Å². The lowest BCUT2D eigenvalue weighted by Crippen LogP contribution is -2.40. The molecule has 0 spiro atoms. The predicted molar refractivity (Wildman–Crippen MR) is 108 cm³/mol. The zero-order chi connectivity index (χ0) is 20.5. The fraction of sp³-hybridized carbons (Fsp3) is 0.444. The van der Waals surface area contributed by atoms with E-state index in [1.54, 1.807) is 12.1 Å². The summed E-state index contributed by atoms with van der Waals surface area (Å²) in [6.07, 6.45) is 0.400. The monoisotopic (exact) mass is 449 g/mol. The van der Waals surface area contributed by atoms with E-state index in [-0.39, 0.29) is 13.1 Å². The second-order valence-electron chi connectivity index (χ2n) is 6.70. The first-order valence-corrected chi connectivity index (χ1v) is 9.83. The topological polar surface area (TPSA) is 61.9 Å². The quantitative estimate of drug-likeness (QED) is 0.560. The molecule has 0 aliphatic carbocycles. The van der Waals surface area contributed by atoms with Crippen LogP contribution >= 0.6 is 34.8 Å². The normalized spacial score (nSPS) is 20.4. The third-order valence-electron chi connectivity index (χ3n) is 4.68. The van der Waals surface area contributed by atoms with Gasteiger partial charge in [0.15, 0.2) is 0 Å². The Morgan fingerprint density at radius 1 is 1.32 bits per heavy atom. The van der Waals surface area contributed by atoms with E-state index >= 15 is 0 Å². The van der Waals surface area contributed by atoms with Gasteiger partial charge in [-0.05, 0) is 31.0 Å². The molecule has 1 aromatic carbocycles. The molecular weight excluding hydrogens is 432 g/mol. The van der Waals surface area contributed by atoms with Crippen LogP contribution in [0, 0.1) is 5.82 Å². The van der Waals surface area contributed by atoms with Crippen LogP contribution < -0.4 is 15.1 Å². The highest BCUT2D eigenvalue weighted by molar-refractivity contribution is 6.76. The minimum absolute atomic E-state index is 0.0206. The van der Waals surface area contributed by atoms with E-state index in [9.17, 15) is 14.0 Å². The molecule has 0 unspecified atom stereocenters. The summed E-state index contributed by atoms with van der Waals surface area (Å²) >= 11 is 16.4. The molecule has 10 heteroatoms. The second kappa shape index (κ2) is 8.35. The van der Waals surface area contributed by atoms with Crippen LogP contribution in [0.15, 0.2) is 30.4 Å². The highest BCUT2D eigenvalue weighted by Gasteiger charge is 2.35. The molecule has 0 aromatic heterocycles. The van der Waals surface area contributed by atoms with Crippen LogP contribution in [0.4, 0.5) is 20.6 Å². The molecule has 152 valence electrons. The first-order chi connectivity index (χ1) is 13.1. The fourth-order valence-corrected chi connectivity index (χ4v) is 3.33. The lowest BCUT2D eigenvalue weighted by Gasteiger charge is -2.30. The summed E-state index contributed by atoms with van der Waals surface area (Å²) in [6.45, 7) is 5.51. The van der Waals surface area contributed by atoms with Crippen molar-refractivity contribution in [2.24, 2.45) is 0 Å². The predicted octanol–water partition coefficient (Wildman–Crippen LogP) is 3.79. The number of carbonyl (C=O) groups is 2. The average Bonchev–Trinajstić information content (AvgIpc) is 3.00. The summed E-state index contributed by atoms with van der Waals surface area (Å²) < 4.78 is 17.7. The van der Waals surface area contributed by atoms with Gasteiger partial charge in [-0.25, -0.2) is 9.18 Å². The number of amides is 2. The lowest BCUT2D eigenvalue weighted by atomic mass is 10.1. The van der Waals surface area contributed by atoms with Gasteiger partial charge in [-0.1, -0.05) is 47.0 Å². The van der Waals surface area contributed by atoms with Crippen molar-refractivity contribution in [3.63, 3.8) is 0 Å². The van der Waals surface area contributed by atoms with Crippen molar-refractivity contribution in [1.82, 2.24) is 5.32 Å². The van der Waals surface area contributed by atoms with Gasteiger partial charge in [0.05, 0.1) is 24.5 Å². The number of nitrogens with one attached hydrogen (secondary N) is 1. The van der Waals surface area contributed by atoms with E-state index in [1.807, 2.05) is 4.90 Å². The molecule has 0 saturated carbocycles. The highest BCUT2D eigenvalue weighted by Crippen LogP contribution is 2.30. The van der Waals surface area contributed by atoms with E-state index in [4.69, 9.17) is 39.5 Å². The smallest absolute Gasteiger partial charge is 0.414 e. The lowest BCUT2D eigenvalue weighted by molar-refractivity contribution is -0.120. The Hall–Kier alpha value is -1.70. The molecule has 0 radical (unpaired) electrons. The van der Waals surface area contributed by atoms with Crippen molar-refractivity contribution in [1.29, 1.82) is 0 Å². The Morgan fingerprint density at radius 3 is 2.61 bits per heavy atom. The van der Waals surface area contributed by atoms with Gasteiger partial charge >= 0.3 is 6.09 Å². The molecule has 1 aromatic rings. The first kappa shape index (κ1) is 21.0. The van der Waals surface area contributed by atoms with Crippen molar-refractivity contribution >= 4 is 58.2 Å². The van der Waals surface area contributed by atoms with E-state index < -0.39 is 27.7 Å². The number of hydrogen-bond acceptors (Lipinski definition) is 4. The van der Waals surface area contributed by atoms with E-state index in [2.05, 4.69) is 11.9 Å². The number of hydrogen-bond donors (Lipinski definition) is 1. The summed E-state index contributed by atoms with van der Waals surface area (Å²) in [5.74, 6) is -1.22. The molecule has 6 nitrogen and oxygen atoms in total. The molecule has 0 bridgehead atoms. The molecule has 2 amide bonds. The van der Waals surface area contributed by atoms with Crippen LogP contribution in [0.25, 0.3) is 0 Å². The van der Waals surface area contributed by atoms with Gasteiger partial charge in [0.1, 0.15) is 11.9 Å². The number of halogens is 4. The van der Waals surface area contributed by atoms with Crippen LogP contribution in [-0.4, -0.2) is 48.1 Å². The van der Waals surface area contributed by atoms with Crippen molar-refractivity contribution in [2.75, 3.05) is 36.0 Å². The van der Waals surface area contributed by atoms with Crippen LogP contribution in [0.3, 0.4) is 0 Å². The summed E-state index contributed by atoms with van der Waals surface area (Å²) in [5, 5.41) is 2.40. The highest BCUT2D eigenvalue weighted by atomic mass is 35.6. The second-order valence-corrected chi connectivity index (χ2v) is 8.98. The largest absolute Gasteiger partial charge is 0.442 e. The van der Waals surface area contributed by atoms with Crippen molar-refractivity contribution in [3.05, 3.63) is 36.2 Å². The number of piperidine rings is 1. The maximum absolute atomic E-state index is 14.7. The Morgan fingerprint density at radius 2 is 2.00 bits per heavy atom. The van der Waals surface area contributed by atoms with E-state index in [0.717, 1.165) is 12.8 Å². The number of benzene rings is 1. The number of ether oxygens (including phenoxy) is 1. The summed E-state index contributed by atoms with van der Waals surface area (Å²) in [4.78, 5) is 27.0. The van der Waals surface area contributed by atoms with Crippen LogP contribution in [0.5, 0.6) is 0 Å². The van der Waals surface area contributed by atoms with Crippen molar-refractivity contribution < 1.29 is 18.7 Å². The third kappa shape index (κ3) is 4.82. The van der Waals surface area contributed by atoms with Crippen molar-refractivity contribution in [2.45, 2.75) is 22.7 Å². The maximum atomic E-state index is 14.7. The molecule has 2 heterocycles. The Balaban J connectivity index is 1.63. The number of cyclic esters (lactones) is 1. The molecule has 28 heavy (non-hydrogen) atoms. The zero-order valence-electron chi connectivity index (χ0n) is 14.9. The van der Waals surface area contributed by atoms with Gasteiger partial charge in [0.2, 0.25) is 0 Å². The zero-order valence-corrected chi connectivity index (χ0v) is 17.2. The molecule has 1 N–H and O–H groups in total. The molecule has 1 atom stereocenters. The first-order valence-electron chi connectivity index (χ1n) is 8.69. The number of rotatable bonds is 4. The maximum Gasteiger partial charge on any atom is 0.414 e. The Kier molecular flexibility index (Phi) is 6.27. The van der Waals surface area contributed by atoms with Crippen LogP contribution in [0.1, 0.15) is 12.8 Å². The van der Waals surface area contributed by atoms with Gasteiger partial charge in [-0.15, -0.1) is 0 Å². The third-order valence-corrected chi connectivity index (χ3v) is 5.19. The van der Waals surface area contributed by atoms with Crippen molar-refractivity contribution in [3.8, 4) is 0 Å². The molecule has 2 aliphatic rings. The molecule has 2 saturated heterocycles. The van der Waals surface area contributed by atoms with Gasteiger partial charge in [-0.3, -0.25) is 9.69 Å². The molecular formula is C18H19Cl3FN3O3. The van der Waals surface area contributed by atoms with Gasteiger partial charge in [0, 0.05) is 13.1 Å². The van der Waals surface area contributed by atoms with E-state index in [0.29, 0.717) is 24.5 Å². The van der Waals surface area contributed by atoms with Crippen LogP contribution in [-0.2, 0) is 9.53 Å². The Labute approximate surface area is 177 Å². The standard InChI is InChI=1S/C18H19Cl3FN3O3/c1-11-4-6-24(7-5-11)15-3-2-12(8-14(15)22)25-10-13(28-17(25)27)9-23-16(26)18(19,20)21/h2-3,8,13H,1,4-7,9-10H2,(H,23,26)/t13-/m0/s1. The number of alkyl halides is 3. The molecule has 2 fully saturated rings. The van der Waals surface area contributed by atoms with Gasteiger partial charge in [0.25, 0.3) is 9.70 Å². The average molecular weight is 451 g/mol. The summed E-state index contributed by atoms with van der Waals surface area (Å²) in [5.41, 5.74) is 2.04. The molecule has 3 rings (SSSR count). The van der Waals surface area contributed by atoms with Gasteiger partial charge in [-0.2, -0.15) is 0 Å². The fourth-order valence-electron chi connectivity index (χ4n) is 3.13. The Bertz CT molecular complexity index is 790. The van der Waals surface area contributed by atoms with E-state index in [1.165, 1.54) is 16.5 Å². The number of anilines is 2. The summed E-state index contributed by atoms with van der Waals surface area (Å²) in [7, 11) is 0. The van der Waals surface area contributed by atoms with Crippen LogP contribution in [0.2, 0.25) is 0 Å². The molecule has 2 aliphatic heterocycles.